The summed E-state index contributed by atoms with van der Waals surface area (Å²) in [6, 6.07) is 3.38. The number of methoxy groups -OCH3 is 1. The quantitative estimate of drug-likeness (QED) is 0.813. The Morgan fingerprint density at radius 3 is 2.95 bits per heavy atom. The molecule has 6 nitrogen and oxygen atoms in total. The van der Waals surface area contributed by atoms with Crippen LogP contribution in [0.15, 0.2) is 22.7 Å². The first-order valence-corrected chi connectivity index (χ1v) is 6.53. The van der Waals surface area contributed by atoms with Crippen molar-refractivity contribution in [3.8, 4) is 0 Å². The Morgan fingerprint density at radius 1 is 1.45 bits per heavy atom. The van der Waals surface area contributed by atoms with Gasteiger partial charge in [-0.2, -0.15) is 5.10 Å². The first kappa shape index (κ1) is 14.3. The zero-order chi connectivity index (χ0) is 14.5. The molecule has 2 aromatic heterocycles. The van der Waals surface area contributed by atoms with Crippen LogP contribution in [0.3, 0.4) is 0 Å². The monoisotopic (exact) mass is 277 g/mol. The van der Waals surface area contributed by atoms with Gasteiger partial charge in [-0.3, -0.25) is 4.68 Å². The summed E-state index contributed by atoms with van der Waals surface area (Å²) in [6.07, 6.45) is 2.92. The number of esters is 1. The number of furan rings is 1. The molecule has 0 aliphatic carbocycles. The summed E-state index contributed by atoms with van der Waals surface area (Å²) < 4.78 is 11.8. The van der Waals surface area contributed by atoms with Crippen LogP contribution >= 0.6 is 0 Å². The summed E-state index contributed by atoms with van der Waals surface area (Å²) in [5, 5.41) is 7.66. The number of nitrogens with one attached hydrogen (secondary N) is 1. The van der Waals surface area contributed by atoms with Crippen molar-refractivity contribution < 1.29 is 13.9 Å². The van der Waals surface area contributed by atoms with E-state index in [1.54, 1.807) is 12.1 Å². The Labute approximate surface area is 117 Å². The molecule has 0 spiro atoms. The van der Waals surface area contributed by atoms with Gasteiger partial charge in [0, 0.05) is 25.4 Å². The lowest BCUT2D eigenvalue weighted by Crippen LogP contribution is -2.13. The van der Waals surface area contributed by atoms with Gasteiger partial charge >= 0.3 is 5.97 Å². The summed E-state index contributed by atoms with van der Waals surface area (Å²) in [7, 11) is 3.25. The third-order valence-electron chi connectivity index (χ3n) is 2.99. The Balaban J connectivity index is 1.89. The van der Waals surface area contributed by atoms with Crippen LogP contribution in [0.2, 0.25) is 0 Å². The number of carbonyl (C=O) groups is 1. The van der Waals surface area contributed by atoms with Crippen LogP contribution in [0.5, 0.6) is 0 Å². The highest BCUT2D eigenvalue weighted by atomic mass is 16.5. The molecule has 2 rings (SSSR count). The first-order chi connectivity index (χ1) is 9.63. The number of aryl methyl sites for hydroxylation is 2. The third kappa shape index (κ3) is 3.27. The number of rotatable bonds is 6. The number of ether oxygens (including phenoxy) is 1. The fourth-order valence-corrected chi connectivity index (χ4v) is 2.03. The minimum absolute atomic E-state index is 0.222. The van der Waals surface area contributed by atoms with Crippen LogP contribution < -0.4 is 5.32 Å². The highest BCUT2D eigenvalue weighted by Gasteiger charge is 2.11. The van der Waals surface area contributed by atoms with E-state index in [-0.39, 0.29) is 5.76 Å². The minimum Gasteiger partial charge on any atom is -0.463 e. The molecule has 2 aromatic rings. The average Bonchev–Trinajstić information content (AvgIpc) is 3.04. The van der Waals surface area contributed by atoms with Gasteiger partial charge in [0.15, 0.2) is 0 Å². The van der Waals surface area contributed by atoms with Crippen molar-refractivity contribution in [3.63, 3.8) is 0 Å². The van der Waals surface area contributed by atoms with Gasteiger partial charge in [0.2, 0.25) is 5.76 Å². The zero-order valence-corrected chi connectivity index (χ0v) is 12.0. The molecule has 0 amide bonds. The van der Waals surface area contributed by atoms with Crippen molar-refractivity contribution >= 4 is 5.97 Å². The van der Waals surface area contributed by atoms with E-state index in [0.29, 0.717) is 18.8 Å². The smallest absolute Gasteiger partial charge is 0.373 e. The molecular formula is C14H19N3O3. The van der Waals surface area contributed by atoms with Crippen molar-refractivity contribution in [2.75, 3.05) is 7.11 Å². The molecule has 0 saturated carbocycles. The van der Waals surface area contributed by atoms with Gasteiger partial charge in [-0.05, 0) is 18.6 Å². The maximum Gasteiger partial charge on any atom is 0.373 e. The normalized spacial score (nSPS) is 10.8. The Bertz CT molecular complexity index is 586. The lowest BCUT2D eigenvalue weighted by molar-refractivity contribution is 0.0563. The lowest BCUT2D eigenvalue weighted by atomic mass is 10.2. The number of aromatic nitrogens is 2. The second-order valence-corrected chi connectivity index (χ2v) is 4.49. The van der Waals surface area contributed by atoms with Crippen LogP contribution in [-0.4, -0.2) is 22.9 Å². The van der Waals surface area contributed by atoms with E-state index in [0.717, 1.165) is 12.1 Å². The van der Waals surface area contributed by atoms with E-state index < -0.39 is 5.97 Å². The minimum atomic E-state index is -0.461. The summed E-state index contributed by atoms with van der Waals surface area (Å²) in [5.41, 5.74) is 2.27. The number of hydrogen-bond acceptors (Lipinski definition) is 5. The van der Waals surface area contributed by atoms with Crippen molar-refractivity contribution in [1.82, 2.24) is 15.1 Å². The molecule has 2 heterocycles. The predicted molar refractivity (Wildman–Crippen MR) is 73.2 cm³/mol. The van der Waals surface area contributed by atoms with Gasteiger partial charge in [-0.1, -0.05) is 6.92 Å². The average molecular weight is 277 g/mol. The lowest BCUT2D eigenvalue weighted by Gasteiger charge is -2.02. The molecule has 0 fully saturated rings. The molecule has 0 aliphatic rings. The summed E-state index contributed by atoms with van der Waals surface area (Å²) in [5.74, 6) is 0.462. The highest BCUT2D eigenvalue weighted by Crippen LogP contribution is 2.10. The Morgan fingerprint density at radius 2 is 2.25 bits per heavy atom. The van der Waals surface area contributed by atoms with E-state index in [4.69, 9.17) is 4.42 Å². The fraction of sp³-hybridized carbons (Fsp3) is 0.429. The molecule has 0 aliphatic heterocycles. The second-order valence-electron chi connectivity index (χ2n) is 4.49. The number of hydrogen-bond donors (Lipinski definition) is 1. The van der Waals surface area contributed by atoms with E-state index in [9.17, 15) is 4.79 Å². The van der Waals surface area contributed by atoms with Crippen molar-refractivity contribution in [3.05, 3.63) is 41.1 Å². The van der Waals surface area contributed by atoms with Gasteiger partial charge in [0.1, 0.15) is 5.76 Å². The van der Waals surface area contributed by atoms with Crippen LogP contribution in [0.1, 0.15) is 34.5 Å². The van der Waals surface area contributed by atoms with E-state index in [1.807, 2.05) is 17.9 Å². The molecule has 0 aromatic carbocycles. The molecular weight excluding hydrogens is 258 g/mol. The highest BCUT2D eigenvalue weighted by molar-refractivity contribution is 5.86. The summed E-state index contributed by atoms with van der Waals surface area (Å²) in [6.45, 7) is 3.35. The maximum atomic E-state index is 11.3. The summed E-state index contributed by atoms with van der Waals surface area (Å²) >= 11 is 0. The van der Waals surface area contributed by atoms with Crippen molar-refractivity contribution in [2.45, 2.75) is 26.4 Å². The predicted octanol–water partition coefficient (Wildman–Crippen LogP) is 1.65. The molecule has 20 heavy (non-hydrogen) atoms. The van der Waals surface area contributed by atoms with Gasteiger partial charge in [0.05, 0.1) is 19.3 Å². The van der Waals surface area contributed by atoms with E-state index in [1.165, 1.54) is 12.7 Å². The van der Waals surface area contributed by atoms with E-state index >= 15 is 0 Å². The van der Waals surface area contributed by atoms with Gasteiger partial charge in [0.25, 0.3) is 0 Å². The van der Waals surface area contributed by atoms with Crippen LogP contribution in [0, 0.1) is 0 Å². The Hall–Kier alpha value is -2.08. The zero-order valence-electron chi connectivity index (χ0n) is 12.0. The van der Waals surface area contributed by atoms with Gasteiger partial charge in [-0.25, -0.2) is 4.79 Å². The SMILES string of the molecule is CCc1nn(C)cc1CNCc1ccc(C(=O)OC)o1. The molecule has 0 bridgehead atoms. The van der Waals surface area contributed by atoms with Crippen LogP contribution in [0.25, 0.3) is 0 Å². The molecule has 0 radical (unpaired) electrons. The molecule has 108 valence electrons. The molecule has 1 N–H and O–H groups in total. The summed E-state index contributed by atoms with van der Waals surface area (Å²) in [4.78, 5) is 11.3. The van der Waals surface area contributed by atoms with Gasteiger partial charge in [-0.15, -0.1) is 0 Å². The Kier molecular flexibility index (Phi) is 4.57. The number of nitrogens with zero attached hydrogens (tertiary/aromatic N) is 2. The maximum absolute atomic E-state index is 11.3. The van der Waals surface area contributed by atoms with Gasteiger partial charge < -0.3 is 14.5 Å². The van der Waals surface area contributed by atoms with Crippen molar-refractivity contribution in [2.24, 2.45) is 7.05 Å². The molecule has 0 unspecified atom stereocenters. The van der Waals surface area contributed by atoms with E-state index in [2.05, 4.69) is 22.1 Å². The molecule has 0 atom stereocenters. The molecule has 0 saturated heterocycles. The fourth-order valence-electron chi connectivity index (χ4n) is 2.03. The molecule has 6 heteroatoms. The van der Waals surface area contributed by atoms with Crippen LogP contribution in [-0.2, 0) is 31.3 Å². The standard InChI is InChI=1S/C14H19N3O3/c1-4-12-10(9-17(2)16-12)7-15-8-11-5-6-13(20-11)14(18)19-3/h5-6,9,15H,4,7-8H2,1-3H3. The topological polar surface area (TPSA) is 69.3 Å². The second kappa shape index (κ2) is 6.38. The largest absolute Gasteiger partial charge is 0.463 e. The number of carbonyl (C=O) groups excluding carboxylic acids is 1. The third-order valence-corrected chi connectivity index (χ3v) is 2.99. The van der Waals surface area contributed by atoms with Crippen molar-refractivity contribution in [1.29, 1.82) is 0 Å². The first-order valence-electron chi connectivity index (χ1n) is 6.53. The van der Waals surface area contributed by atoms with Crippen LogP contribution in [0.4, 0.5) is 0 Å².